The molecule has 1 aliphatic heterocycles. The number of carbonyl (C=O) groups excluding carboxylic acids is 1. The molecule has 6 heteroatoms. The summed E-state index contributed by atoms with van der Waals surface area (Å²) in [5, 5.41) is 10.9. The van der Waals surface area contributed by atoms with Crippen LogP contribution in [0.3, 0.4) is 0 Å². The molecule has 1 aromatic heterocycles. The van der Waals surface area contributed by atoms with Crippen molar-refractivity contribution in [3.63, 3.8) is 0 Å². The van der Waals surface area contributed by atoms with Crippen molar-refractivity contribution in [2.75, 3.05) is 18.4 Å². The van der Waals surface area contributed by atoms with Gasteiger partial charge in [-0.15, -0.1) is 12.4 Å². The Labute approximate surface area is 132 Å². The summed E-state index contributed by atoms with van der Waals surface area (Å²) in [7, 11) is 1.91. The topological polar surface area (TPSA) is 59.0 Å². The Morgan fingerprint density at radius 3 is 2.76 bits per heavy atom. The Morgan fingerprint density at radius 2 is 2.10 bits per heavy atom. The van der Waals surface area contributed by atoms with Gasteiger partial charge in [-0.2, -0.15) is 5.10 Å². The molecule has 1 unspecified atom stereocenters. The SMILES string of the molecule is Cl.Cn1nc(C2CCCCC2)cc1NC(=O)C1CCNC1. The standard InChI is InChI=1S/C15H24N4O.ClH/c1-19-14(17-15(20)12-7-8-16-10-12)9-13(18-19)11-5-3-2-4-6-11;/h9,11-12,16H,2-8,10H2,1H3,(H,17,20);1H. The number of hydrogen-bond acceptors (Lipinski definition) is 3. The molecule has 3 rings (SSSR count). The van der Waals surface area contributed by atoms with Gasteiger partial charge in [0.2, 0.25) is 5.91 Å². The molecule has 5 nitrogen and oxygen atoms in total. The number of rotatable bonds is 3. The second-order valence-corrected chi connectivity index (χ2v) is 6.09. The van der Waals surface area contributed by atoms with E-state index >= 15 is 0 Å². The second kappa shape index (κ2) is 7.27. The number of hydrogen-bond donors (Lipinski definition) is 2. The van der Waals surface area contributed by atoms with Crippen LogP contribution >= 0.6 is 12.4 Å². The van der Waals surface area contributed by atoms with Crippen molar-refractivity contribution in [1.29, 1.82) is 0 Å². The summed E-state index contributed by atoms with van der Waals surface area (Å²) in [5.41, 5.74) is 1.15. The number of nitrogens with one attached hydrogen (secondary N) is 2. The Bertz CT molecular complexity index is 476. The molecule has 2 N–H and O–H groups in total. The average Bonchev–Trinajstić information content (AvgIpc) is 3.10. The molecule has 118 valence electrons. The molecular formula is C15H25ClN4O. The lowest BCUT2D eigenvalue weighted by atomic mass is 9.87. The Balaban J connectivity index is 0.00000161. The summed E-state index contributed by atoms with van der Waals surface area (Å²) in [6.45, 7) is 1.73. The lowest BCUT2D eigenvalue weighted by Gasteiger charge is -2.19. The molecule has 1 aliphatic carbocycles. The summed E-state index contributed by atoms with van der Waals surface area (Å²) in [5.74, 6) is 1.63. The van der Waals surface area contributed by atoms with E-state index in [4.69, 9.17) is 0 Å². The van der Waals surface area contributed by atoms with Gasteiger partial charge in [0.25, 0.3) is 0 Å². The van der Waals surface area contributed by atoms with E-state index in [1.165, 1.54) is 32.1 Å². The Kier molecular flexibility index (Phi) is 5.65. The monoisotopic (exact) mass is 312 g/mol. The number of halogens is 1. The molecule has 0 radical (unpaired) electrons. The maximum absolute atomic E-state index is 12.2. The summed E-state index contributed by atoms with van der Waals surface area (Å²) in [6, 6.07) is 2.07. The van der Waals surface area contributed by atoms with E-state index in [0.717, 1.165) is 31.0 Å². The van der Waals surface area contributed by atoms with E-state index in [1.807, 2.05) is 11.7 Å². The number of anilines is 1. The zero-order valence-electron chi connectivity index (χ0n) is 12.6. The van der Waals surface area contributed by atoms with Crippen LogP contribution in [0.15, 0.2) is 6.07 Å². The van der Waals surface area contributed by atoms with Crippen LogP contribution in [0.2, 0.25) is 0 Å². The highest BCUT2D eigenvalue weighted by Crippen LogP contribution is 2.32. The summed E-state index contributed by atoms with van der Waals surface area (Å²) < 4.78 is 1.81. The first-order valence-corrected chi connectivity index (χ1v) is 7.79. The maximum atomic E-state index is 12.2. The van der Waals surface area contributed by atoms with Crippen molar-refractivity contribution in [1.82, 2.24) is 15.1 Å². The molecular weight excluding hydrogens is 288 g/mol. The highest BCUT2D eigenvalue weighted by molar-refractivity contribution is 5.92. The van der Waals surface area contributed by atoms with Gasteiger partial charge >= 0.3 is 0 Å². The van der Waals surface area contributed by atoms with Gasteiger partial charge in [0.15, 0.2) is 0 Å². The highest BCUT2D eigenvalue weighted by atomic mass is 35.5. The largest absolute Gasteiger partial charge is 0.316 e. The molecule has 2 fully saturated rings. The van der Waals surface area contributed by atoms with Crippen LogP contribution in [0.5, 0.6) is 0 Å². The van der Waals surface area contributed by atoms with Crippen molar-refractivity contribution >= 4 is 24.1 Å². The first kappa shape index (κ1) is 16.3. The number of aryl methyl sites for hydroxylation is 1. The van der Waals surface area contributed by atoms with Crippen molar-refractivity contribution < 1.29 is 4.79 Å². The van der Waals surface area contributed by atoms with Gasteiger partial charge in [0.05, 0.1) is 11.6 Å². The molecule has 0 spiro atoms. The maximum Gasteiger partial charge on any atom is 0.229 e. The van der Waals surface area contributed by atoms with Crippen LogP contribution in [0.25, 0.3) is 0 Å². The van der Waals surface area contributed by atoms with Crippen molar-refractivity contribution in [2.24, 2.45) is 13.0 Å². The summed E-state index contributed by atoms with van der Waals surface area (Å²) in [6.07, 6.45) is 7.35. The molecule has 0 bridgehead atoms. The molecule has 0 aromatic carbocycles. The predicted molar refractivity (Wildman–Crippen MR) is 85.9 cm³/mol. The van der Waals surface area contributed by atoms with E-state index in [0.29, 0.717) is 5.92 Å². The molecule has 1 saturated heterocycles. The van der Waals surface area contributed by atoms with Crippen LogP contribution in [0, 0.1) is 5.92 Å². The third kappa shape index (κ3) is 3.77. The zero-order chi connectivity index (χ0) is 13.9. The minimum absolute atomic E-state index is 0. The fourth-order valence-corrected chi connectivity index (χ4v) is 3.31. The van der Waals surface area contributed by atoms with Crippen molar-refractivity contribution in [2.45, 2.75) is 44.4 Å². The smallest absolute Gasteiger partial charge is 0.229 e. The normalized spacial score (nSPS) is 22.8. The van der Waals surface area contributed by atoms with Crippen LogP contribution in [-0.4, -0.2) is 28.8 Å². The van der Waals surface area contributed by atoms with Crippen LogP contribution in [0.1, 0.15) is 50.1 Å². The minimum atomic E-state index is 0. The van der Waals surface area contributed by atoms with Gasteiger partial charge in [-0.25, -0.2) is 0 Å². The summed E-state index contributed by atoms with van der Waals surface area (Å²) in [4.78, 5) is 12.2. The van der Waals surface area contributed by atoms with Crippen molar-refractivity contribution in [3.05, 3.63) is 11.8 Å². The van der Waals surface area contributed by atoms with E-state index < -0.39 is 0 Å². The third-order valence-corrected chi connectivity index (χ3v) is 4.60. The second-order valence-electron chi connectivity index (χ2n) is 6.09. The first-order valence-electron chi connectivity index (χ1n) is 7.79. The van der Waals surface area contributed by atoms with Crippen LogP contribution < -0.4 is 10.6 Å². The van der Waals surface area contributed by atoms with Crippen LogP contribution in [0.4, 0.5) is 5.82 Å². The summed E-state index contributed by atoms with van der Waals surface area (Å²) >= 11 is 0. The molecule has 2 aliphatic rings. The molecule has 21 heavy (non-hydrogen) atoms. The van der Waals surface area contributed by atoms with Gasteiger partial charge in [-0.3, -0.25) is 9.48 Å². The molecule has 1 atom stereocenters. The van der Waals surface area contributed by atoms with Gasteiger partial charge < -0.3 is 10.6 Å². The lowest BCUT2D eigenvalue weighted by Crippen LogP contribution is -2.25. The van der Waals surface area contributed by atoms with E-state index in [1.54, 1.807) is 0 Å². The fraction of sp³-hybridized carbons (Fsp3) is 0.733. The fourth-order valence-electron chi connectivity index (χ4n) is 3.31. The molecule has 2 heterocycles. The van der Waals surface area contributed by atoms with Gasteiger partial charge in [0, 0.05) is 25.6 Å². The van der Waals surface area contributed by atoms with Gasteiger partial charge in [0.1, 0.15) is 5.82 Å². The molecule has 1 saturated carbocycles. The third-order valence-electron chi connectivity index (χ3n) is 4.60. The highest BCUT2D eigenvalue weighted by Gasteiger charge is 2.24. The lowest BCUT2D eigenvalue weighted by molar-refractivity contribution is -0.119. The number of amides is 1. The molecule has 1 aromatic rings. The average molecular weight is 313 g/mol. The zero-order valence-corrected chi connectivity index (χ0v) is 13.4. The van der Waals surface area contributed by atoms with E-state index in [-0.39, 0.29) is 24.2 Å². The quantitative estimate of drug-likeness (QED) is 0.901. The van der Waals surface area contributed by atoms with Crippen LogP contribution in [-0.2, 0) is 11.8 Å². The van der Waals surface area contributed by atoms with E-state index in [9.17, 15) is 4.79 Å². The Hall–Kier alpha value is -1.07. The number of aromatic nitrogens is 2. The van der Waals surface area contributed by atoms with Gasteiger partial charge in [-0.05, 0) is 25.8 Å². The first-order chi connectivity index (χ1) is 9.74. The minimum Gasteiger partial charge on any atom is -0.316 e. The number of nitrogens with zero attached hydrogens (tertiary/aromatic N) is 2. The van der Waals surface area contributed by atoms with Crippen molar-refractivity contribution in [3.8, 4) is 0 Å². The number of carbonyl (C=O) groups is 1. The van der Waals surface area contributed by atoms with E-state index in [2.05, 4.69) is 21.8 Å². The molecule has 1 amide bonds. The Morgan fingerprint density at radius 1 is 1.33 bits per heavy atom. The predicted octanol–water partition coefficient (Wildman–Crippen LogP) is 2.44. The van der Waals surface area contributed by atoms with Gasteiger partial charge in [-0.1, -0.05) is 19.3 Å².